The lowest BCUT2D eigenvalue weighted by atomic mass is 10.0. The molecule has 0 aromatic heterocycles. The van der Waals surface area contributed by atoms with Crippen molar-refractivity contribution in [3.63, 3.8) is 0 Å². The van der Waals surface area contributed by atoms with E-state index in [1.165, 1.54) is 7.11 Å². The largest absolute Gasteiger partial charge is 0.495 e. The molecule has 2 aromatic carbocycles. The molecule has 0 radical (unpaired) electrons. The van der Waals surface area contributed by atoms with E-state index in [4.69, 9.17) is 4.74 Å². The number of hydrogen-bond donors (Lipinski definition) is 1. The van der Waals surface area contributed by atoms with Crippen LogP contribution in [0.3, 0.4) is 0 Å². The van der Waals surface area contributed by atoms with Crippen molar-refractivity contribution in [3.8, 4) is 5.75 Å². The van der Waals surface area contributed by atoms with Crippen LogP contribution in [0.4, 0.5) is 0 Å². The molecule has 4 nitrogen and oxygen atoms in total. The van der Waals surface area contributed by atoms with E-state index in [2.05, 4.69) is 20.7 Å². The van der Waals surface area contributed by atoms with Crippen molar-refractivity contribution >= 4 is 26.0 Å². The summed E-state index contributed by atoms with van der Waals surface area (Å²) in [6.45, 7) is 3.93. The Bertz CT molecular complexity index is 790. The van der Waals surface area contributed by atoms with Crippen LogP contribution in [0.2, 0.25) is 0 Å². The molecular formula is C17H20BrNO3S. The van der Waals surface area contributed by atoms with E-state index in [9.17, 15) is 8.42 Å². The molecule has 2 aromatic rings. The topological polar surface area (TPSA) is 55.4 Å². The van der Waals surface area contributed by atoms with Gasteiger partial charge in [-0.05, 0) is 42.7 Å². The predicted molar refractivity (Wildman–Crippen MR) is 95.2 cm³/mol. The van der Waals surface area contributed by atoms with Gasteiger partial charge in [0.15, 0.2) is 0 Å². The van der Waals surface area contributed by atoms with Gasteiger partial charge in [-0.2, -0.15) is 0 Å². The van der Waals surface area contributed by atoms with E-state index in [0.29, 0.717) is 16.6 Å². The Labute approximate surface area is 146 Å². The van der Waals surface area contributed by atoms with Gasteiger partial charge in [-0.3, -0.25) is 0 Å². The standard InChI is InChI=1S/C17H20BrNO3S/c1-4-15(14-8-6-5-7-12(14)2)19-23(20,21)17-11-13(18)9-10-16(17)22-3/h5-11,15,19H,4H2,1-3H3/t15-/m1/s1. The number of aryl methyl sites for hydroxylation is 1. The quantitative estimate of drug-likeness (QED) is 0.794. The van der Waals surface area contributed by atoms with Gasteiger partial charge in [0.1, 0.15) is 10.6 Å². The molecule has 124 valence electrons. The number of methoxy groups -OCH3 is 1. The van der Waals surface area contributed by atoms with E-state index < -0.39 is 10.0 Å². The van der Waals surface area contributed by atoms with E-state index in [1.54, 1.807) is 18.2 Å². The number of nitrogens with one attached hydrogen (secondary N) is 1. The summed E-state index contributed by atoms with van der Waals surface area (Å²) in [5.74, 6) is 0.320. The molecule has 6 heteroatoms. The van der Waals surface area contributed by atoms with Gasteiger partial charge in [-0.1, -0.05) is 47.1 Å². The number of ether oxygens (including phenoxy) is 1. The number of rotatable bonds is 6. The van der Waals surface area contributed by atoms with Crippen molar-refractivity contribution in [2.75, 3.05) is 7.11 Å². The molecule has 0 amide bonds. The third-order valence-electron chi connectivity index (χ3n) is 3.68. The summed E-state index contributed by atoms with van der Waals surface area (Å²) < 4.78 is 34.3. The van der Waals surface area contributed by atoms with Gasteiger partial charge in [-0.15, -0.1) is 0 Å². The molecule has 0 aliphatic carbocycles. The van der Waals surface area contributed by atoms with Crippen LogP contribution >= 0.6 is 15.9 Å². The van der Waals surface area contributed by atoms with Crippen molar-refractivity contribution in [1.82, 2.24) is 4.72 Å². The molecule has 0 fully saturated rings. The number of halogens is 1. The van der Waals surface area contributed by atoms with Gasteiger partial charge in [0, 0.05) is 10.5 Å². The van der Waals surface area contributed by atoms with E-state index in [1.807, 2.05) is 38.1 Å². The van der Waals surface area contributed by atoms with Crippen LogP contribution in [0.5, 0.6) is 5.75 Å². The zero-order valence-electron chi connectivity index (χ0n) is 13.3. The molecule has 0 unspecified atom stereocenters. The minimum absolute atomic E-state index is 0.126. The Hall–Kier alpha value is -1.37. The molecule has 0 heterocycles. The first-order chi connectivity index (χ1) is 10.9. The van der Waals surface area contributed by atoms with Gasteiger partial charge in [0.05, 0.1) is 7.11 Å². The number of sulfonamides is 1. The molecule has 0 aliphatic heterocycles. The summed E-state index contributed by atoms with van der Waals surface area (Å²) in [6, 6.07) is 12.4. The van der Waals surface area contributed by atoms with Crippen molar-refractivity contribution in [2.24, 2.45) is 0 Å². The van der Waals surface area contributed by atoms with Crippen LogP contribution in [-0.4, -0.2) is 15.5 Å². The maximum absolute atomic E-state index is 12.8. The van der Waals surface area contributed by atoms with Crippen LogP contribution in [0.15, 0.2) is 51.8 Å². The second-order valence-electron chi connectivity index (χ2n) is 5.23. The van der Waals surface area contributed by atoms with E-state index in [0.717, 1.165) is 11.1 Å². The minimum Gasteiger partial charge on any atom is -0.495 e. The van der Waals surface area contributed by atoms with Gasteiger partial charge < -0.3 is 4.74 Å². The lowest BCUT2D eigenvalue weighted by Crippen LogP contribution is -2.29. The summed E-state index contributed by atoms with van der Waals surface area (Å²) in [6.07, 6.45) is 0.653. The maximum Gasteiger partial charge on any atom is 0.244 e. The highest BCUT2D eigenvalue weighted by atomic mass is 79.9. The molecule has 0 saturated heterocycles. The average molecular weight is 398 g/mol. The van der Waals surface area contributed by atoms with Crippen LogP contribution in [-0.2, 0) is 10.0 Å². The summed E-state index contributed by atoms with van der Waals surface area (Å²) >= 11 is 3.31. The van der Waals surface area contributed by atoms with Crippen LogP contribution in [0, 0.1) is 6.92 Å². The summed E-state index contributed by atoms with van der Waals surface area (Å²) in [5, 5.41) is 0. The monoisotopic (exact) mass is 397 g/mol. The lowest BCUT2D eigenvalue weighted by molar-refractivity contribution is 0.401. The van der Waals surface area contributed by atoms with Gasteiger partial charge in [0.25, 0.3) is 0 Å². The first kappa shape index (κ1) is 18.0. The molecule has 0 spiro atoms. The van der Waals surface area contributed by atoms with Crippen molar-refractivity contribution in [3.05, 3.63) is 58.1 Å². The molecule has 0 saturated carbocycles. The fourth-order valence-corrected chi connectivity index (χ4v) is 4.46. The van der Waals surface area contributed by atoms with E-state index >= 15 is 0 Å². The first-order valence-electron chi connectivity index (χ1n) is 7.30. The number of hydrogen-bond acceptors (Lipinski definition) is 3. The van der Waals surface area contributed by atoms with Crippen molar-refractivity contribution in [2.45, 2.75) is 31.2 Å². The second kappa shape index (κ2) is 7.47. The Morgan fingerprint density at radius 3 is 2.52 bits per heavy atom. The molecule has 23 heavy (non-hydrogen) atoms. The zero-order chi connectivity index (χ0) is 17.0. The van der Waals surface area contributed by atoms with Crippen LogP contribution < -0.4 is 9.46 Å². The molecule has 0 aliphatic rings. The third-order valence-corrected chi connectivity index (χ3v) is 5.67. The number of benzene rings is 2. The van der Waals surface area contributed by atoms with E-state index in [-0.39, 0.29) is 10.9 Å². The highest BCUT2D eigenvalue weighted by molar-refractivity contribution is 9.10. The molecule has 1 atom stereocenters. The smallest absolute Gasteiger partial charge is 0.244 e. The summed E-state index contributed by atoms with van der Waals surface area (Å²) in [7, 11) is -2.25. The maximum atomic E-state index is 12.8. The fraction of sp³-hybridized carbons (Fsp3) is 0.294. The Morgan fingerprint density at radius 2 is 1.91 bits per heavy atom. The summed E-state index contributed by atoms with van der Waals surface area (Å²) in [5.41, 5.74) is 2.04. The third kappa shape index (κ3) is 4.13. The Kier molecular flexibility index (Phi) is 5.84. The minimum atomic E-state index is -3.71. The van der Waals surface area contributed by atoms with Crippen molar-refractivity contribution in [1.29, 1.82) is 0 Å². The van der Waals surface area contributed by atoms with Gasteiger partial charge >= 0.3 is 0 Å². The molecular weight excluding hydrogens is 378 g/mol. The summed E-state index contributed by atoms with van der Waals surface area (Å²) in [4.78, 5) is 0.126. The lowest BCUT2D eigenvalue weighted by Gasteiger charge is -2.20. The van der Waals surface area contributed by atoms with Crippen LogP contribution in [0.25, 0.3) is 0 Å². The Balaban J connectivity index is 2.41. The normalized spacial score (nSPS) is 12.9. The Morgan fingerprint density at radius 1 is 1.22 bits per heavy atom. The van der Waals surface area contributed by atoms with Crippen molar-refractivity contribution < 1.29 is 13.2 Å². The molecule has 1 N–H and O–H groups in total. The average Bonchev–Trinajstić information content (AvgIpc) is 2.53. The van der Waals surface area contributed by atoms with Gasteiger partial charge in [0.2, 0.25) is 10.0 Å². The second-order valence-corrected chi connectivity index (χ2v) is 7.83. The highest BCUT2D eigenvalue weighted by Gasteiger charge is 2.24. The molecule has 2 rings (SSSR count). The fourth-order valence-electron chi connectivity index (χ4n) is 2.46. The first-order valence-corrected chi connectivity index (χ1v) is 9.58. The van der Waals surface area contributed by atoms with Gasteiger partial charge in [-0.25, -0.2) is 13.1 Å². The van der Waals surface area contributed by atoms with Crippen LogP contribution in [0.1, 0.15) is 30.5 Å². The highest BCUT2D eigenvalue weighted by Crippen LogP contribution is 2.29. The predicted octanol–water partition coefficient (Wildman–Crippen LogP) is 4.20. The molecule has 0 bridgehead atoms. The SMILES string of the molecule is CC[C@@H](NS(=O)(=O)c1cc(Br)ccc1OC)c1ccccc1C. The zero-order valence-corrected chi connectivity index (χ0v) is 15.7.